The minimum Gasteiger partial charge on any atom is -0.497 e. The highest BCUT2D eigenvalue weighted by atomic mass is 32.1. The van der Waals surface area contributed by atoms with Gasteiger partial charge in [-0.2, -0.15) is 9.78 Å². The molecule has 0 bridgehead atoms. The van der Waals surface area contributed by atoms with E-state index in [1.54, 1.807) is 26.0 Å². The lowest BCUT2D eigenvalue weighted by atomic mass is 9.85. The van der Waals surface area contributed by atoms with E-state index < -0.39 is 0 Å². The maximum atomic E-state index is 12.7. The van der Waals surface area contributed by atoms with E-state index in [9.17, 15) is 4.79 Å². The first-order chi connectivity index (χ1) is 15.5. The number of methoxy groups -OCH3 is 3. The zero-order valence-electron chi connectivity index (χ0n) is 18.1. The lowest BCUT2D eigenvalue weighted by Gasteiger charge is -2.24. The van der Waals surface area contributed by atoms with Crippen LogP contribution in [0.25, 0.3) is 15.3 Å². The minimum atomic E-state index is -0.151. The quantitative estimate of drug-likeness (QED) is 0.488. The fraction of sp³-hybridized carbons (Fsp3) is 0.261. The molecule has 1 unspecified atom stereocenters. The van der Waals surface area contributed by atoms with E-state index in [0.29, 0.717) is 28.9 Å². The molecule has 9 heteroatoms. The van der Waals surface area contributed by atoms with Gasteiger partial charge in [0.2, 0.25) is 11.0 Å². The summed E-state index contributed by atoms with van der Waals surface area (Å²) in [6.07, 6.45) is 0.325. The van der Waals surface area contributed by atoms with Gasteiger partial charge in [-0.3, -0.25) is 4.79 Å². The lowest BCUT2D eigenvalue weighted by molar-refractivity contribution is -0.116. The normalized spacial score (nSPS) is 15.4. The molecular weight excluding hydrogens is 428 g/mol. The highest BCUT2D eigenvalue weighted by Gasteiger charge is 2.33. The van der Waals surface area contributed by atoms with Crippen LogP contribution in [0.15, 0.2) is 36.4 Å². The summed E-state index contributed by atoms with van der Waals surface area (Å²) in [6, 6.07) is 11.5. The zero-order valence-corrected chi connectivity index (χ0v) is 18.9. The number of nitrogens with zero attached hydrogens (tertiary/aromatic N) is 3. The SMILES string of the molecule is COc1ccc2nc(-n3nc(C)c4c3NC(=O)CC4c3ccc(OC)c(OC)c3)sc2c1. The largest absolute Gasteiger partial charge is 0.497 e. The Labute approximate surface area is 188 Å². The van der Waals surface area contributed by atoms with Gasteiger partial charge in [-0.25, -0.2) is 4.98 Å². The molecule has 32 heavy (non-hydrogen) atoms. The van der Waals surface area contributed by atoms with Crippen LogP contribution in [0.2, 0.25) is 0 Å². The van der Waals surface area contributed by atoms with Gasteiger partial charge in [-0.15, -0.1) is 0 Å². The van der Waals surface area contributed by atoms with E-state index in [4.69, 9.17) is 24.3 Å². The first-order valence-electron chi connectivity index (χ1n) is 10.1. The van der Waals surface area contributed by atoms with Crippen molar-refractivity contribution < 1.29 is 19.0 Å². The predicted molar refractivity (Wildman–Crippen MR) is 123 cm³/mol. The summed E-state index contributed by atoms with van der Waals surface area (Å²) in [5.41, 5.74) is 3.65. The number of hydrogen-bond acceptors (Lipinski definition) is 7. The first kappa shape index (κ1) is 20.3. The van der Waals surface area contributed by atoms with Crippen LogP contribution in [-0.2, 0) is 4.79 Å². The summed E-state index contributed by atoms with van der Waals surface area (Å²) in [4.78, 5) is 17.4. The van der Waals surface area contributed by atoms with Gasteiger partial charge in [-0.05, 0) is 42.8 Å². The van der Waals surface area contributed by atoms with E-state index in [2.05, 4.69) is 5.32 Å². The Bertz CT molecular complexity index is 1340. The van der Waals surface area contributed by atoms with Crippen molar-refractivity contribution >= 4 is 33.3 Å². The zero-order chi connectivity index (χ0) is 22.4. The molecule has 1 aliphatic heterocycles. The second-order valence-electron chi connectivity index (χ2n) is 7.51. The van der Waals surface area contributed by atoms with Crippen molar-refractivity contribution in [2.75, 3.05) is 26.6 Å². The van der Waals surface area contributed by atoms with Crippen molar-refractivity contribution in [3.05, 3.63) is 53.2 Å². The number of fused-ring (bicyclic) bond motifs is 2. The monoisotopic (exact) mass is 450 g/mol. The maximum absolute atomic E-state index is 12.7. The van der Waals surface area contributed by atoms with Crippen molar-refractivity contribution in [2.24, 2.45) is 0 Å². The Morgan fingerprint density at radius 1 is 1.06 bits per heavy atom. The van der Waals surface area contributed by atoms with Crippen LogP contribution in [0.1, 0.15) is 29.2 Å². The van der Waals surface area contributed by atoms with Gasteiger partial charge in [-0.1, -0.05) is 17.4 Å². The number of hydrogen-bond donors (Lipinski definition) is 1. The summed E-state index contributed by atoms with van der Waals surface area (Å²) in [7, 11) is 4.84. The van der Waals surface area contributed by atoms with Gasteiger partial charge in [0.1, 0.15) is 11.6 Å². The molecule has 1 aliphatic rings. The van der Waals surface area contributed by atoms with Crippen molar-refractivity contribution in [2.45, 2.75) is 19.3 Å². The Balaban J connectivity index is 1.63. The number of carbonyl (C=O) groups is 1. The predicted octanol–water partition coefficient (Wildman–Crippen LogP) is 4.29. The summed E-state index contributed by atoms with van der Waals surface area (Å²) in [6.45, 7) is 1.96. The van der Waals surface area contributed by atoms with Crippen LogP contribution in [0.4, 0.5) is 5.82 Å². The van der Waals surface area contributed by atoms with Crippen molar-refractivity contribution in [1.82, 2.24) is 14.8 Å². The number of aryl methyl sites for hydroxylation is 1. The minimum absolute atomic E-state index is 0.0683. The molecule has 4 aromatic rings. The third-order valence-electron chi connectivity index (χ3n) is 5.68. The van der Waals surface area contributed by atoms with Crippen LogP contribution in [0.5, 0.6) is 17.2 Å². The number of amides is 1. The Morgan fingerprint density at radius 3 is 2.62 bits per heavy atom. The number of aromatic nitrogens is 3. The molecule has 0 radical (unpaired) electrons. The molecule has 2 aromatic heterocycles. The Morgan fingerprint density at radius 2 is 1.88 bits per heavy atom. The molecule has 1 amide bonds. The van der Waals surface area contributed by atoms with Gasteiger partial charge in [0.25, 0.3) is 0 Å². The fourth-order valence-corrected chi connectivity index (χ4v) is 5.10. The van der Waals surface area contributed by atoms with Crippen LogP contribution in [0, 0.1) is 6.92 Å². The molecule has 1 N–H and O–H groups in total. The second-order valence-corrected chi connectivity index (χ2v) is 8.52. The molecule has 2 aromatic carbocycles. The number of ether oxygens (including phenoxy) is 3. The smallest absolute Gasteiger partial charge is 0.226 e. The van der Waals surface area contributed by atoms with E-state index >= 15 is 0 Å². The number of thiazole rings is 1. The van der Waals surface area contributed by atoms with Crippen molar-refractivity contribution in [1.29, 1.82) is 0 Å². The molecule has 5 rings (SSSR count). The van der Waals surface area contributed by atoms with E-state index in [1.165, 1.54) is 11.3 Å². The second kappa shape index (κ2) is 7.83. The Kier molecular flexibility index (Phi) is 4.97. The molecule has 0 aliphatic carbocycles. The van der Waals surface area contributed by atoms with Gasteiger partial charge in [0.15, 0.2) is 11.5 Å². The van der Waals surface area contributed by atoms with Gasteiger partial charge in [0, 0.05) is 17.9 Å². The van der Waals surface area contributed by atoms with E-state index in [1.807, 2.05) is 43.3 Å². The maximum Gasteiger partial charge on any atom is 0.226 e. The molecule has 0 spiro atoms. The van der Waals surface area contributed by atoms with Gasteiger partial charge >= 0.3 is 0 Å². The molecule has 3 heterocycles. The van der Waals surface area contributed by atoms with Gasteiger partial charge in [0.05, 0.1) is 37.2 Å². The highest BCUT2D eigenvalue weighted by molar-refractivity contribution is 7.20. The Hall–Kier alpha value is -3.59. The number of nitrogens with one attached hydrogen (secondary N) is 1. The number of rotatable bonds is 5. The van der Waals surface area contributed by atoms with E-state index in [-0.39, 0.29) is 11.8 Å². The van der Waals surface area contributed by atoms with Crippen molar-refractivity contribution in [3.63, 3.8) is 0 Å². The third kappa shape index (κ3) is 3.25. The summed E-state index contributed by atoms with van der Waals surface area (Å²) < 4.78 is 18.9. The molecule has 164 valence electrons. The first-order valence-corrected chi connectivity index (χ1v) is 10.9. The van der Waals surface area contributed by atoms with Crippen LogP contribution in [-0.4, -0.2) is 42.0 Å². The number of benzene rings is 2. The third-order valence-corrected chi connectivity index (χ3v) is 6.67. The molecular formula is C23H22N4O4S. The summed E-state index contributed by atoms with van der Waals surface area (Å²) >= 11 is 1.50. The van der Waals surface area contributed by atoms with Crippen LogP contribution >= 0.6 is 11.3 Å². The van der Waals surface area contributed by atoms with E-state index in [0.717, 1.165) is 32.8 Å². The summed E-state index contributed by atoms with van der Waals surface area (Å²) in [5.74, 6) is 2.48. The fourth-order valence-electron chi connectivity index (χ4n) is 4.15. The number of carbonyl (C=O) groups excluding carboxylic acids is 1. The van der Waals surface area contributed by atoms with Crippen LogP contribution < -0.4 is 19.5 Å². The molecule has 8 nitrogen and oxygen atoms in total. The lowest BCUT2D eigenvalue weighted by Crippen LogP contribution is -2.25. The molecule has 0 fully saturated rings. The topological polar surface area (TPSA) is 87.5 Å². The number of anilines is 1. The average Bonchev–Trinajstić information content (AvgIpc) is 3.38. The standard InChI is InChI=1S/C23H22N4O4S/c1-12-21-15(13-5-8-17(30-3)18(9-13)31-4)11-20(28)25-22(21)27(26-12)23-24-16-7-6-14(29-2)10-19(16)32-23/h5-10,15H,11H2,1-4H3,(H,25,28). The van der Waals surface area contributed by atoms with Gasteiger partial charge < -0.3 is 19.5 Å². The molecule has 0 saturated carbocycles. The molecule has 0 saturated heterocycles. The van der Waals surface area contributed by atoms with Crippen LogP contribution in [0.3, 0.4) is 0 Å². The highest BCUT2D eigenvalue weighted by Crippen LogP contribution is 2.43. The van der Waals surface area contributed by atoms with Crippen molar-refractivity contribution in [3.8, 4) is 22.4 Å². The summed E-state index contributed by atoms with van der Waals surface area (Å²) in [5, 5.41) is 8.45. The molecule has 1 atom stereocenters. The average molecular weight is 451 g/mol.